The average Bonchev–Trinajstić information content (AvgIpc) is 3.21. The molecule has 0 aliphatic carbocycles. The van der Waals surface area contributed by atoms with Gasteiger partial charge < -0.3 is 14.4 Å². The maximum Gasteiger partial charge on any atom is 0.342 e. The van der Waals surface area contributed by atoms with Crippen molar-refractivity contribution in [2.24, 2.45) is 5.92 Å². The summed E-state index contributed by atoms with van der Waals surface area (Å²) in [6.07, 6.45) is 5.09. The van der Waals surface area contributed by atoms with Gasteiger partial charge in [0.15, 0.2) is 0 Å². The Morgan fingerprint density at radius 2 is 1.88 bits per heavy atom. The quantitative estimate of drug-likeness (QED) is 0.474. The van der Waals surface area contributed by atoms with E-state index in [2.05, 4.69) is 49.7 Å². The number of carbonyl (C=O) groups is 1. The average molecular weight is 443 g/mol. The predicted molar refractivity (Wildman–Crippen MR) is 134 cm³/mol. The van der Waals surface area contributed by atoms with Crippen molar-refractivity contribution < 1.29 is 14.3 Å². The van der Waals surface area contributed by atoms with Crippen LogP contribution in [0.15, 0.2) is 42.6 Å². The van der Waals surface area contributed by atoms with E-state index in [9.17, 15) is 4.79 Å². The molecule has 0 amide bonds. The SMILES string of the molecule is CC1CCN(c2ncccc2C(=O)OC(C)C)C1.CCC.CCOc1cccc(CC)c1. The molecule has 5 heteroatoms. The van der Waals surface area contributed by atoms with Crippen LogP contribution in [-0.2, 0) is 11.2 Å². The van der Waals surface area contributed by atoms with Crippen molar-refractivity contribution in [3.05, 3.63) is 53.7 Å². The van der Waals surface area contributed by atoms with Gasteiger partial charge in [-0.25, -0.2) is 9.78 Å². The number of rotatable bonds is 6. The molecule has 1 unspecified atom stereocenters. The van der Waals surface area contributed by atoms with Crippen molar-refractivity contribution in [3.8, 4) is 5.75 Å². The Morgan fingerprint density at radius 1 is 1.16 bits per heavy atom. The van der Waals surface area contributed by atoms with Gasteiger partial charge in [-0.2, -0.15) is 0 Å². The van der Waals surface area contributed by atoms with Crippen LogP contribution in [0.1, 0.15) is 77.2 Å². The molecule has 1 saturated heterocycles. The molecule has 1 aromatic heterocycles. The highest BCUT2D eigenvalue weighted by Crippen LogP contribution is 2.25. The van der Waals surface area contributed by atoms with Gasteiger partial charge in [-0.15, -0.1) is 0 Å². The van der Waals surface area contributed by atoms with E-state index in [4.69, 9.17) is 9.47 Å². The highest BCUT2D eigenvalue weighted by atomic mass is 16.5. The molecule has 1 fully saturated rings. The zero-order valence-electron chi connectivity index (χ0n) is 21.1. The molecule has 0 spiro atoms. The van der Waals surface area contributed by atoms with Crippen LogP contribution in [0.3, 0.4) is 0 Å². The van der Waals surface area contributed by atoms with Crippen LogP contribution in [0.5, 0.6) is 5.75 Å². The number of pyridine rings is 1. The first kappa shape index (κ1) is 27.5. The van der Waals surface area contributed by atoms with Gasteiger partial charge in [0.05, 0.1) is 12.7 Å². The Kier molecular flexibility index (Phi) is 13.1. The Labute approximate surface area is 195 Å². The molecule has 3 rings (SSSR count). The zero-order valence-corrected chi connectivity index (χ0v) is 21.1. The summed E-state index contributed by atoms with van der Waals surface area (Å²) in [5.41, 5.74) is 1.90. The molecule has 178 valence electrons. The first-order valence-electron chi connectivity index (χ1n) is 12.0. The highest BCUT2D eigenvalue weighted by molar-refractivity contribution is 5.94. The van der Waals surface area contributed by atoms with Gasteiger partial charge in [0.2, 0.25) is 0 Å². The summed E-state index contributed by atoms with van der Waals surface area (Å²) in [7, 11) is 0. The molecule has 5 nitrogen and oxygen atoms in total. The van der Waals surface area contributed by atoms with Crippen molar-refractivity contribution in [1.82, 2.24) is 4.98 Å². The normalized spacial score (nSPS) is 14.8. The van der Waals surface area contributed by atoms with Gasteiger partial charge in [-0.3, -0.25) is 0 Å². The molecule has 1 aliphatic heterocycles. The van der Waals surface area contributed by atoms with E-state index in [-0.39, 0.29) is 12.1 Å². The maximum atomic E-state index is 12.0. The van der Waals surface area contributed by atoms with E-state index in [1.807, 2.05) is 32.9 Å². The fourth-order valence-electron chi connectivity index (χ4n) is 3.24. The molecule has 2 aromatic rings. The number of ether oxygens (including phenoxy) is 2. The van der Waals surface area contributed by atoms with E-state index in [0.29, 0.717) is 11.5 Å². The minimum Gasteiger partial charge on any atom is -0.494 e. The lowest BCUT2D eigenvalue weighted by Crippen LogP contribution is -2.24. The van der Waals surface area contributed by atoms with E-state index >= 15 is 0 Å². The number of aryl methyl sites for hydroxylation is 1. The number of hydrogen-bond donors (Lipinski definition) is 0. The number of benzene rings is 1. The molecular formula is C27H42N2O3. The summed E-state index contributed by atoms with van der Waals surface area (Å²) >= 11 is 0. The summed E-state index contributed by atoms with van der Waals surface area (Å²) in [4.78, 5) is 18.5. The number of aromatic nitrogens is 1. The smallest absolute Gasteiger partial charge is 0.342 e. The van der Waals surface area contributed by atoms with Crippen molar-refractivity contribution in [1.29, 1.82) is 0 Å². The molecule has 0 saturated carbocycles. The van der Waals surface area contributed by atoms with Crippen molar-refractivity contribution >= 4 is 11.8 Å². The Balaban J connectivity index is 0.000000312. The second-order valence-corrected chi connectivity index (χ2v) is 8.31. The topological polar surface area (TPSA) is 51.7 Å². The number of hydrogen-bond acceptors (Lipinski definition) is 5. The lowest BCUT2D eigenvalue weighted by Gasteiger charge is -2.20. The van der Waals surface area contributed by atoms with Crippen molar-refractivity contribution in [3.63, 3.8) is 0 Å². The largest absolute Gasteiger partial charge is 0.494 e. The summed E-state index contributed by atoms with van der Waals surface area (Å²) in [5, 5.41) is 0. The number of nitrogens with zero attached hydrogens (tertiary/aromatic N) is 2. The number of carbonyl (C=O) groups excluding carboxylic acids is 1. The molecular weight excluding hydrogens is 400 g/mol. The van der Waals surface area contributed by atoms with Gasteiger partial charge in [-0.1, -0.05) is 46.2 Å². The molecule has 0 N–H and O–H groups in total. The Morgan fingerprint density at radius 3 is 2.44 bits per heavy atom. The summed E-state index contributed by atoms with van der Waals surface area (Å²) in [5.74, 6) is 2.10. The molecule has 32 heavy (non-hydrogen) atoms. The molecule has 0 bridgehead atoms. The van der Waals surface area contributed by atoms with E-state index in [0.717, 1.165) is 44.1 Å². The minimum absolute atomic E-state index is 0.108. The molecule has 1 aliphatic rings. The van der Waals surface area contributed by atoms with Crippen molar-refractivity contribution in [2.45, 2.75) is 73.8 Å². The van der Waals surface area contributed by atoms with Crippen LogP contribution in [0.2, 0.25) is 0 Å². The molecule has 1 atom stereocenters. The molecule has 1 aromatic carbocycles. The van der Waals surface area contributed by atoms with Crippen molar-refractivity contribution in [2.75, 3.05) is 24.6 Å². The second kappa shape index (κ2) is 15.3. The van der Waals surface area contributed by atoms with Gasteiger partial charge in [-0.05, 0) is 69.4 Å². The highest BCUT2D eigenvalue weighted by Gasteiger charge is 2.25. The summed E-state index contributed by atoms with van der Waals surface area (Å²) in [6, 6.07) is 11.8. The fraction of sp³-hybridized carbons (Fsp3) is 0.556. The van der Waals surface area contributed by atoms with E-state index in [1.165, 1.54) is 12.0 Å². The lowest BCUT2D eigenvalue weighted by molar-refractivity contribution is 0.0378. The van der Waals surface area contributed by atoms with E-state index < -0.39 is 0 Å². The van der Waals surface area contributed by atoms with Gasteiger partial charge >= 0.3 is 5.97 Å². The van der Waals surface area contributed by atoms with Gasteiger partial charge in [0.25, 0.3) is 0 Å². The Hall–Kier alpha value is -2.56. The first-order chi connectivity index (χ1) is 15.4. The molecule has 2 heterocycles. The summed E-state index contributed by atoms with van der Waals surface area (Å²) < 4.78 is 10.6. The second-order valence-electron chi connectivity index (χ2n) is 8.31. The van der Waals surface area contributed by atoms with Gasteiger partial charge in [0.1, 0.15) is 17.1 Å². The fourth-order valence-corrected chi connectivity index (χ4v) is 3.24. The number of esters is 1. The predicted octanol–water partition coefficient (Wildman–Crippen LogP) is 6.56. The molecule has 0 radical (unpaired) electrons. The van der Waals surface area contributed by atoms with Gasteiger partial charge in [0, 0.05) is 19.3 Å². The third kappa shape index (κ3) is 9.71. The maximum absolute atomic E-state index is 12.0. The van der Waals surface area contributed by atoms with Crippen LogP contribution < -0.4 is 9.64 Å². The standard InChI is InChI=1S/C14H20N2O2.C10H14O.C3H8/c1-10(2)18-14(17)12-5-4-7-15-13(12)16-8-6-11(3)9-16;1-3-9-6-5-7-10(8-9)11-4-2;1-3-2/h4-5,7,10-11H,6,8-9H2,1-3H3;5-8H,3-4H2,1-2H3;3H2,1-2H3. The van der Waals surface area contributed by atoms with Crippen LogP contribution in [0.25, 0.3) is 0 Å². The van der Waals surface area contributed by atoms with Crippen LogP contribution in [-0.4, -0.2) is 36.8 Å². The van der Waals surface area contributed by atoms with Crippen LogP contribution >= 0.6 is 0 Å². The third-order valence-corrected chi connectivity index (χ3v) is 4.69. The lowest BCUT2D eigenvalue weighted by atomic mass is 10.2. The first-order valence-corrected chi connectivity index (χ1v) is 12.0. The number of anilines is 1. The Bertz CT molecular complexity index is 792. The zero-order chi connectivity index (χ0) is 23.9. The summed E-state index contributed by atoms with van der Waals surface area (Å²) in [6.45, 7) is 17.0. The minimum atomic E-state index is -0.285. The monoisotopic (exact) mass is 442 g/mol. The third-order valence-electron chi connectivity index (χ3n) is 4.69. The van der Waals surface area contributed by atoms with Crippen LogP contribution in [0.4, 0.5) is 5.82 Å². The van der Waals surface area contributed by atoms with Crippen LogP contribution in [0, 0.1) is 5.92 Å². The van der Waals surface area contributed by atoms with E-state index in [1.54, 1.807) is 18.3 Å².